The Morgan fingerprint density at radius 1 is 1.20 bits per heavy atom. The van der Waals surface area contributed by atoms with E-state index in [1.54, 1.807) is 7.05 Å². The number of benzene rings is 2. The lowest BCUT2D eigenvalue weighted by Gasteiger charge is -2.16. The van der Waals surface area contributed by atoms with Crippen LogP contribution in [0.5, 0.6) is 5.75 Å². The van der Waals surface area contributed by atoms with E-state index in [2.05, 4.69) is 10.3 Å². The first-order valence-electron chi connectivity index (χ1n) is 9.24. The van der Waals surface area contributed by atoms with Gasteiger partial charge in [-0.25, -0.2) is 4.90 Å². The molecule has 1 atom stereocenters. The van der Waals surface area contributed by atoms with E-state index >= 15 is 0 Å². The molecule has 0 aromatic heterocycles. The summed E-state index contributed by atoms with van der Waals surface area (Å²) < 4.78 is 5.41. The molecule has 9 heteroatoms. The second-order valence-corrected chi connectivity index (χ2v) is 7.51. The molecule has 1 fully saturated rings. The number of hydrogen-bond acceptors (Lipinski definition) is 7. The fourth-order valence-corrected chi connectivity index (χ4v) is 3.90. The third kappa shape index (κ3) is 4.80. The number of hydrogen-bond donors (Lipinski definition) is 1. The van der Waals surface area contributed by atoms with Crippen LogP contribution in [0.25, 0.3) is 0 Å². The van der Waals surface area contributed by atoms with Crippen LogP contribution in [-0.4, -0.2) is 41.9 Å². The summed E-state index contributed by atoms with van der Waals surface area (Å²) in [6.07, 6.45) is 0.0235. The van der Waals surface area contributed by atoms with Crippen molar-refractivity contribution in [3.05, 3.63) is 54.1 Å². The standard InChI is InChI=1S/C21H21N3O5S/c1-3-29-16-10-6-14(7-11-16)23-21(22-2)30-17-12-18(25)24(19(17)26)15-8-4-13(5-9-15)20(27)28/h4-11,17H,3,12H2,1-2H3,(H,22,23)(H,27,28)/p-1/t17-/m1/s1. The van der Waals surface area contributed by atoms with Crippen LogP contribution in [0.4, 0.5) is 11.4 Å². The highest BCUT2D eigenvalue weighted by molar-refractivity contribution is 8.15. The van der Waals surface area contributed by atoms with Crippen molar-refractivity contribution in [1.82, 2.24) is 0 Å². The normalized spacial score (nSPS) is 16.7. The number of imide groups is 1. The average molecular weight is 426 g/mol. The zero-order chi connectivity index (χ0) is 21.7. The van der Waals surface area contributed by atoms with E-state index in [4.69, 9.17) is 4.74 Å². The third-order valence-electron chi connectivity index (χ3n) is 4.34. The van der Waals surface area contributed by atoms with Gasteiger partial charge in [0, 0.05) is 19.2 Å². The largest absolute Gasteiger partial charge is 0.545 e. The van der Waals surface area contributed by atoms with Crippen LogP contribution in [0.1, 0.15) is 23.7 Å². The molecule has 1 heterocycles. The van der Waals surface area contributed by atoms with Gasteiger partial charge in [-0.15, -0.1) is 0 Å². The van der Waals surface area contributed by atoms with E-state index in [9.17, 15) is 19.5 Å². The van der Waals surface area contributed by atoms with Gasteiger partial charge in [0.1, 0.15) is 11.0 Å². The minimum Gasteiger partial charge on any atom is -0.545 e. The van der Waals surface area contributed by atoms with Crippen molar-refractivity contribution in [2.75, 3.05) is 23.9 Å². The fraction of sp³-hybridized carbons (Fsp3) is 0.238. The Kier molecular flexibility index (Phi) is 6.73. The lowest BCUT2D eigenvalue weighted by atomic mass is 10.2. The lowest BCUT2D eigenvalue weighted by Crippen LogP contribution is -2.32. The smallest absolute Gasteiger partial charge is 0.247 e. The molecule has 0 bridgehead atoms. The number of nitrogens with one attached hydrogen (secondary N) is 1. The first-order chi connectivity index (χ1) is 14.4. The molecule has 0 unspecified atom stereocenters. The SMILES string of the molecule is CCOc1ccc(NC(=NC)S[C@@H]2CC(=O)N(c3ccc(C(=O)[O-])cc3)C2=O)cc1. The Bertz CT molecular complexity index is 973. The highest BCUT2D eigenvalue weighted by atomic mass is 32.2. The average Bonchev–Trinajstić information content (AvgIpc) is 3.02. The van der Waals surface area contributed by atoms with Gasteiger partial charge in [0.25, 0.3) is 0 Å². The summed E-state index contributed by atoms with van der Waals surface area (Å²) in [6, 6.07) is 12.8. The Morgan fingerprint density at radius 2 is 1.87 bits per heavy atom. The Morgan fingerprint density at radius 3 is 2.43 bits per heavy atom. The number of carboxylic acids is 1. The van der Waals surface area contributed by atoms with Gasteiger partial charge in [0.15, 0.2) is 5.17 Å². The first kappa shape index (κ1) is 21.4. The summed E-state index contributed by atoms with van der Waals surface area (Å²) >= 11 is 1.17. The summed E-state index contributed by atoms with van der Waals surface area (Å²) in [7, 11) is 1.60. The van der Waals surface area contributed by atoms with E-state index < -0.39 is 11.2 Å². The number of aliphatic imine (C=N–C) groups is 1. The predicted molar refractivity (Wildman–Crippen MR) is 114 cm³/mol. The molecular formula is C21H20N3O5S-. The van der Waals surface area contributed by atoms with E-state index in [0.29, 0.717) is 17.5 Å². The number of carboxylic acid groups (broad SMARTS) is 1. The highest BCUT2D eigenvalue weighted by Crippen LogP contribution is 2.31. The molecule has 2 amide bonds. The molecular weight excluding hydrogens is 406 g/mol. The van der Waals surface area contributed by atoms with Crippen molar-refractivity contribution in [2.24, 2.45) is 4.99 Å². The summed E-state index contributed by atoms with van der Waals surface area (Å²) in [5.41, 5.74) is 1.08. The predicted octanol–water partition coefficient (Wildman–Crippen LogP) is 1.91. The molecule has 1 aliphatic heterocycles. The van der Waals surface area contributed by atoms with Gasteiger partial charge >= 0.3 is 0 Å². The third-order valence-corrected chi connectivity index (χ3v) is 5.50. The molecule has 8 nitrogen and oxygen atoms in total. The second kappa shape index (κ2) is 9.45. The van der Waals surface area contributed by atoms with E-state index in [-0.39, 0.29) is 23.8 Å². The number of carbonyl (C=O) groups excluding carboxylic acids is 3. The monoisotopic (exact) mass is 426 g/mol. The van der Waals surface area contributed by atoms with E-state index in [1.807, 2.05) is 31.2 Å². The number of anilines is 2. The number of aromatic carboxylic acids is 1. The van der Waals surface area contributed by atoms with Crippen molar-refractivity contribution in [1.29, 1.82) is 0 Å². The molecule has 0 saturated carbocycles. The maximum Gasteiger partial charge on any atom is 0.247 e. The van der Waals surface area contributed by atoms with Crippen LogP contribution in [0.3, 0.4) is 0 Å². The molecule has 30 heavy (non-hydrogen) atoms. The minimum absolute atomic E-state index is 0.0235. The Labute approximate surface area is 177 Å². The lowest BCUT2D eigenvalue weighted by molar-refractivity contribution is -0.255. The molecule has 1 aliphatic rings. The molecule has 156 valence electrons. The summed E-state index contributed by atoms with van der Waals surface area (Å²) in [6.45, 7) is 2.49. The molecule has 0 radical (unpaired) electrons. The van der Waals surface area contributed by atoms with Crippen molar-refractivity contribution in [3.8, 4) is 5.75 Å². The molecule has 2 aromatic carbocycles. The van der Waals surface area contributed by atoms with Crippen molar-refractivity contribution >= 4 is 46.1 Å². The van der Waals surface area contributed by atoms with Gasteiger partial charge < -0.3 is 20.0 Å². The second-order valence-electron chi connectivity index (χ2n) is 6.32. The van der Waals surface area contributed by atoms with Crippen LogP contribution in [0.2, 0.25) is 0 Å². The Hall–Kier alpha value is -3.33. The van der Waals surface area contributed by atoms with Crippen molar-refractivity contribution < 1.29 is 24.2 Å². The van der Waals surface area contributed by atoms with Gasteiger partial charge in [0.05, 0.1) is 18.3 Å². The minimum atomic E-state index is -1.32. The molecule has 3 rings (SSSR count). The zero-order valence-electron chi connectivity index (χ0n) is 16.5. The molecule has 1 saturated heterocycles. The van der Waals surface area contributed by atoms with Gasteiger partial charge in [-0.05, 0) is 48.9 Å². The fourth-order valence-electron chi connectivity index (χ4n) is 2.91. The maximum absolute atomic E-state index is 12.8. The Balaban J connectivity index is 1.67. The number of ether oxygens (including phenoxy) is 1. The quantitative estimate of drug-likeness (QED) is 0.427. The van der Waals surface area contributed by atoms with Crippen LogP contribution in [0, 0.1) is 0 Å². The summed E-state index contributed by atoms with van der Waals surface area (Å²) in [4.78, 5) is 41.4. The van der Waals surface area contributed by atoms with E-state index in [0.717, 1.165) is 16.3 Å². The van der Waals surface area contributed by atoms with Gasteiger partial charge in [-0.2, -0.15) is 0 Å². The van der Waals surface area contributed by atoms with Crippen molar-refractivity contribution in [3.63, 3.8) is 0 Å². The van der Waals surface area contributed by atoms with Gasteiger partial charge in [0.2, 0.25) is 11.8 Å². The van der Waals surface area contributed by atoms with Crippen LogP contribution >= 0.6 is 11.8 Å². The summed E-state index contributed by atoms with van der Waals surface area (Å²) in [5.74, 6) is -1.29. The first-order valence-corrected chi connectivity index (χ1v) is 10.1. The number of nitrogens with zero attached hydrogens (tertiary/aromatic N) is 2. The molecule has 0 aliphatic carbocycles. The zero-order valence-corrected chi connectivity index (χ0v) is 17.3. The molecule has 2 aromatic rings. The van der Waals surface area contributed by atoms with Crippen LogP contribution in [0.15, 0.2) is 53.5 Å². The van der Waals surface area contributed by atoms with Crippen LogP contribution in [-0.2, 0) is 9.59 Å². The number of carbonyl (C=O) groups is 3. The van der Waals surface area contributed by atoms with E-state index in [1.165, 1.54) is 36.0 Å². The maximum atomic E-state index is 12.8. The molecule has 0 spiro atoms. The number of amides is 2. The number of thioether (sulfide) groups is 1. The summed E-state index contributed by atoms with van der Waals surface area (Å²) in [5, 5.41) is 13.9. The van der Waals surface area contributed by atoms with Crippen LogP contribution < -0.4 is 20.1 Å². The number of amidine groups is 1. The topological polar surface area (TPSA) is 111 Å². The highest BCUT2D eigenvalue weighted by Gasteiger charge is 2.40. The van der Waals surface area contributed by atoms with Gasteiger partial charge in [-0.1, -0.05) is 23.9 Å². The van der Waals surface area contributed by atoms with Crippen molar-refractivity contribution in [2.45, 2.75) is 18.6 Å². The van der Waals surface area contributed by atoms with Gasteiger partial charge in [-0.3, -0.25) is 14.6 Å². The number of rotatable bonds is 6. The molecule has 1 N–H and O–H groups in total.